The lowest BCUT2D eigenvalue weighted by atomic mass is 9.76. The Morgan fingerprint density at radius 3 is 2.52 bits per heavy atom. The van der Waals surface area contributed by atoms with Crippen molar-refractivity contribution in [2.45, 2.75) is 57.4 Å². The summed E-state index contributed by atoms with van der Waals surface area (Å²) < 4.78 is 0. The first-order chi connectivity index (χ1) is 11.2. The molecule has 1 N–H and O–H groups in total. The number of hydrogen-bond donors (Lipinski definition) is 1. The highest BCUT2D eigenvalue weighted by atomic mass is 16.2. The lowest BCUT2D eigenvalue weighted by molar-refractivity contribution is -0.139. The molecule has 0 aromatic rings. The number of nitrogens with zero attached hydrogens (tertiary/aromatic N) is 2. The summed E-state index contributed by atoms with van der Waals surface area (Å²) in [5.74, 6) is 0.917. The van der Waals surface area contributed by atoms with Crippen molar-refractivity contribution in [1.82, 2.24) is 15.1 Å². The average Bonchev–Trinajstić information content (AvgIpc) is 2.95. The Morgan fingerprint density at radius 2 is 1.83 bits per heavy atom. The van der Waals surface area contributed by atoms with Crippen LogP contribution < -0.4 is 5.32 Å². The van der Waals surface area contributed by atoms with Gasteiger partial charge in [-0.1, -0.05) is 19.3 Å². The quantitative estimate of drug-likeness (QED) is 0.794. The molecule has 0 radical (unpaired) electrons. The number of piperidine rings is 1. The number of rotatable bonds is 1. The molecule has 23 heavy (non-hydrogen) atoms. The lowest BCUT2D eigenvalue weighted by Crippen LogP contribution is -2.52. The van der Waals surface area contributed by atoms with Gasteiger partial charge in [0, 0.05) is 38.6 Å². The van der Waals surface area contributed by atoms with E-state index in [2.05, 4.69) is 15.1 Å². The maximum atomic E-state index is 12.7. The van der Waals surface area contributed by atoms with Crippen LogP contribution in [-0.4, -0.2) is 60.4 Å². The van der Waals surface area contributed by atoms with Gasteiger partial charge < -0.3 is 10.2 Å². The number of nitrogens with one attached hydrogen (secondary N) is 1. The maximum absolute atomic E-state index is 12.7. The summed E-state index contributed by atoms with van der Waals surface area (Å²) in [5.41, 5.74) is 0.274. The number of likely N-dealkylation sites (tertiary alicyclic amines) is 1. The van der Waals surface area contributed by atoms with Gasteiger partial charge in [-0.25, -0.2) is 0 Å². The van der Waals surface area contributed by atoms with Gasteiger partial charge in [0.05, 0.1) is 6.04 Å². The molecule has 4 aliphatic rings. The average molecular weight is 319 g/mol. The summed E-state index contributed by atoms with van der Waals surface area (Å²) in [6, 6.07) is 0.0874. The summed E-state index contributed by atoms with van der Waals surface area (Å²) in [4.78, 5) is 29.3. The molecule has 3 heterocycles. The molecule has 5 nitrogen and oxygen atoms in total. The second-order valence-electron chi connectivity index (χ2n) is 8.14. The highest BCUT2D eigenvalue weighted by Crippen LogP contribution is 2.44. The molecule has 4 rings (SSSR count). The second-order valence-corrected chi connectivity index (χ2v) is 8.14. The minimum atomic E-state index is 0.0874. The van der Waals surface area contributed by atoms with E-state index in [1.54, 1.807) is 0 Å². The third-order valence-corrected chi connectivity index (χ3v) is 6.70. The van der Waals surface area contributed by atoms with Crippen molar-refractivity contribution in [2.75, 3.05) is 32.7 Å². The van der Waals surface area contributed by atoms with Crippen LogP contribution in [0, 0.1) is 11.3 Å². The van der Waals surface area contributed by atoms with Crippen molar-refractivity contribution in [2.24, 2.45) is 11.3 Å². The van der Waals surface area contributed by atoms with E-state index < -0.39 is 0 Å². The number of carbonyl (C=O) groups excluding carboxylic acids is 2. The van der Waals surface area contributed by atoms with Crippen LogP contribution in [0.2, 0.25) is 0 Å². The molecule has 0 bridgehead atoms. The van der Waals surface area contributed by atoms with Gasteiger partial charge in [0.1, 0.15) is 0 Å². The van der Waals surface area contributed by atoms with Crippen molar-refractivity contribution < 1.29 is 9.59 Å². The largest absolute Gasteiger partial charge is 0.353 e. The SMILES string of the molecule is O=C1NCCN2CC3(CCN(C(=O)C4CCCCC4)CC3)CC12. The van der Waals surface area contributed by atoms with E-state index in [9.17, 15) is 9.59 Å². The Kier molecular flexibility index (Phi) is 4.08. The van der Waals surface area contributed by atoms with Crippen molar-refractivity contribution in [3.8, 4) is 0 Å². The van der Waals surface area contributed by atoms with Gasteiger partial charge in [-0.15, -0.1) is 0 Å². The molecular weight excluding hydrogens is 290 g/mol. The standard InChI is InChI=1S/C18H29N3O2/c22-16-15-12-18(13-21(15)11-8-19-16)6-9-20(10-7-18)17(23)14-4-2-1-3-5-14/h14-15H,1-13H2,(H,19,22). The van der Waals surface area contributed by atoms with Gasteiger partial charge in [-0.2, -0.15) is 0 Å². The molecule has 0 aromatic carbocycles. The van der Waals surface area contributed by atoms with E-state index in [-0.39, 0.29) is 17.4 Å². The third kappa shape index (κ3) is 2.88. The van der Waals surface area contributed by atoms with Gasteiger partial charge in [-0.05, 0) is 37.5 Å². The van der Waals surface area contributed by atoms with E-state index in [0.29, 0.717) is 11.8 Å². The molecule has 2 amide bonds. The Hall–Kier alpha value is -1.10. The molecule has 1 saturated carbocycles. The van der Waals surface area contributed by atoms with Crippen molar-refractivity contribution in [1.29, 1.82) is 0 Å². The first-order valence-corrected chi connectivity index (χ1v) is 9.47. The van der Waals surface area contributed by atoms with Crippen LogP contribution in [0.1, 0.15) is 51.4 Å². The number of fused-ring (bicyclic) bond motifs is 1. The van der Waals surface area contributed by atoms with Crippen LogP contribution in [-0.2, 0) is 9.59 Å². The zero-order valence-corrected chi connectivity index (χ0v) is 14.1. The molecular formula is C18H29N3O2. The van der Waals surface area contributed by atoms with Crippen LogP contribution in [0.5, 0.6) is 0 Å². The molecule has 3 saturated heterocycles. The number of carbonyl (C=O) groups is 2. The Bertz CT molecular complexity index is 479. The third-order valence-electron chi connectivity index (χ3n) is 6.70. The summed E-state index contributed by atoms with van der Waals surface area (Å²) in [6.07, 6.45) is 9.07. The van der Waals surface area contributed by atoms with E-state index in [1.807, 2.05) is 0 Å². The van der Waals surface area contributed by atoms with Crippen molar-refractivity contribution in [3.05, 3.63) is 0 Å². The topological polar surface area (TPSA) is 52.7 Å². The van der Waals surface area contributed by atoms with E-state index in [1.165, 1.54) is 19.3 Å². The van der Waals surface area contributed by atoms with E-state index in [4.69, 9.17) is 0 Å². The van der Waals surface area contributed by atoms with Crippen molar-refractivity contribution in [3.63, 3.8) is 0 Å². The smallest absolute Gasteiger partial charge is 0.237 e. The number of amides is 2. The normalized spacial score (nSPS) is 31.9. The molecule has 5 heteroatoms. The Morgan fingerprint density at radius 1 is 1.09 bits per heavy atom. The highest BCUT2D eigenvalue weighted by Gasteiger charge is 2.49. The van der Waals surface area contributed by atoms with Gasteiger partial charge in [0.25, 0.3) is 0 Å². The van der Waals surface area contributed by atoms with Crippen LogP contribution >= 0.6 is 0 Å². The van der Waals surface area contributed by atoms with Crippen LogP contribution in [0.4, 0.5) is 0 Å². The zero-order valence-electron chi connectivity index (χ0n) is 14.1. The molecule has 128 valence electrons. The van der Waals surface area contributed by atoms with Gasteiger partial charge >= 0.3 is 0 Å². The van der Waals surface area contributed by atoms with Gasteiger partial charge in [-0.3, -0.25) is 14.5 Å². The van der Waals surface area contributed by atoms with Crippen LogP contribution in [0.15, 0.2) is 0 Å². The summed E-state index contributed by atoms with van der Waals surface area (Å²) >= 11 is 0. The fourth-order valence-corrected chi connectivity index (χ4v) is 5.25. The molecule has 4 fully saturated rings. The summed E-state index contributed by atoms with van der Waals surface area (Å²) in [5, 5.41) is 3.00. The lowest BCUT2D eigenvalue weighted by Gasteiger charge is -2.41. The van der Waals surface area contributed by atoms with Crippen molar-refractivity contribution >= 4 is 11.8 Å². The van der Waals surface area contributed by atoms with Gasteiger partial charge in [0.2, 0.25) is 11.8 Å². The fraction of sp³-hybridized carbons (Fsp3) is 0.889. The first kappa shape index (κ1) is 15.4. The summed E-state index contributed by atoms with van der Waals surface area (Å²) in [7, 11) is 0. The minimum absolute atomic E-state index is 0.0874. The number of piperazine rings is 1. The zero-order chi connectivity index (χ0) is 15.9. The number of hydrogen-bond acceptors (Lipinski definition) is 3. The molecule has 1 spiro atoms. The second kappa shape index (κ2) is 6.08. The summed E-state index contributed by atoms with van der Waals surface area (Å²) in [6.45, 7) is 4.63. The molecule has 3 aliphatic heterocycles. The van der Waals surface area contributed by atoms with E-state index in [0.717, 1.165) is 64.8 Å². The predicted molar refractivity (Wildman–Crippen MR) is 87.8 cm³/mol. The molecule has 1 atom stereocenters. The maximum Gasteiger partial charge on any atom is 0.237 e. The van der Waals surface area contributed by atoms with Crippen LogP contribution in [0.25, 0.3) is 0 Å². The molecule has 1 aliphatic carbocycles. The van der Waals surface area contributed by atoms with Gasteiger partial charge in [0.15, 0.2) is 0 Å². The molecule has 1 unspecified atom stereocenters. The Balaban J connectivity index is 1.35. The molecule has 0 aromatic heterocycles. The fourth-order valence-electron chi connectivity index (χ4n) is 5.25. The minimum Gasteiger partial charge on any atom is -0.353 e. The monoisotopic (exact) mass is 319 g/mol. The first-order valence-electron chi connectivity index (χ1n) is 9.47. The highest BCUT2D eigenvalue weighted by molar-refractivity contribution is 5.83. The van der Waals surface area contributed by atoms with E-state index >= 15 is 0 Å². The van der Waals surface area contributed by atoms with Crippen LogP contribution in [0.3, 0.4) is 0 Å². The predicted octanol–water partition coefficient (Wildman–Crippen LogP) is 1.38. The Labute approximate surface area is 138 Å².